The fourth-order valence-corrected chi connectivity index (χ4v) is 6.50. The molecule has 1 saturated heterocycles. The molecule has 0 radical (unpaired) electrons. The highest BCUT2D eigenvalue weighted by atomic mass is 35.5. The van der Waals surface area contributed by atoms with Gasteiger partial charge < -0.3 is 0 Å². The fourth-order valence-electron chi connectivity index (χ4n) is 3.91. The zero-order chi connectivity index (χ0) is 18.3. The maximum atomic E-state index is 13.0. The van der Waals surface area contributed by atoms with Gasteiger partial charge in [0.25, 0.3) is 0 Å². The number of hydrogen-bond acceptors (Lipinski definition) is 3. The summed E-state index contributed by atoms with van der Waals surface area (Å²) in [5, 5.41) is 0.348. The van der Waals surface area contributed by atoms with Crippen molar-refractivity contribution in [3.63, 3.8) is 0 Å². The molecule has 2 aromatic carbocycles. The lowest BCUT2D eigenvalue weighted by Gasteiger charge is -2.33. The highest BCUT2D eigenvalue weighted by Gasteiger charge is 2.37. The minimum Gasteiger partial charge on any atom is -0.294 e. The zero-order valence-corrected chi connectivity index (χ0v) is 16.6. The Morgan fingerprint density at radius 1 is 0.923 bits per heavy atom. The first kappa shape index (κ1) is 18.3. The molecule has 2 heterocycles. The molecular weight excluding hydrogens is 391 g/mol. The normalized spacial score (nSPS) is 21.7. The van der Waals surface area contributed by atoms with Crippen molar-refractivity contribution in [2.75, 3.05) is 19.6 Å². The van der Waals surface area contributed by atoms with Crippen LogP contribution in [0, 0.1) is 0 Å². The monoisotopic (exact) mass is 410 g/mol. The first-order chi connectivity index (χ1) is 12.5. The summed E-state index contributed by atoms with van der Waals surface area (Å²) < 4.78 is 27.6. The molecule has 1 unspecified atom stereocenters. The van der Waals surface area contributed by atoms with Crippen LogP contribution in [0.1, 0.15) is 17.5 Å². The molecular formula is C19H20Cl2N2O2S. The molecule has 0 aliphatic carbocycles. The molecule has 0 bridgehead atoms. The number of hydrogen-bond donors (Lipinski definition) is 0. The summed E-state index contributed by atoms with van der Waals surface area (Å²) in [4.78, 5) is 2.42. The first-order valence-corrected chi connectivity index (χ1v) is 10.9. The summed E-state index contributed by atoms with van der Waals surface area (Å²) in [7, 11) is -3.69. The van der Waals surface area contributed by atoms with E-state index < -0.39 is 10.0 Å². The van der Waals surface area contributed by atoms with Crippen molar-refractivity contribution in [3.05, 3.63) is 63.6 Å². The molecule has 2 aliphatic rings. The number of halogens is 2. The lowest BCUT2D eigenvalue weighted by molar-refractivity contribution is 0.185. The van der Waals surface area contributed by atoms with Gasteiger partial charge in [-0.3, -0.25) is 4.90 Å². The van der Waals surface area contributed by atoms with Gasteiger partial charge in [0.05, 0.1) is 10.0 Å². The molecule has 2 aromatic rings. The Morgan fingerprint density at radius 2 is 1.62 bits per heavy atom. The maximum Gasteiger partial charge on any atom is 0.246 e. The molecule has 0 amide bonds. The summed E-state index contributed by atoms with van der Waals surface area (Å²) in [6.45, 7) is 2.81. The molecule has 26 heavy (non-hydrogen) atoms. The summed E-state index contributed by atoms with van der Waals surface area (Å²) in [5.74, 6) is 0. The van der Waals surface area contributed by atoms with Crippen LogP contribution in [0.4, 0.5) is 0 Å². The lowest BCUT2D eigenvalue weighted by Crippen LogP contribution is -2.41. The summed E-state index contributed by atoms with van der Waals surface area (Å²) in [5.41, 5.74) is 2.74. The molecule has 0 spiro atoms. The van der Waals surface area contributed by atoms with E-state index in [0.29, 0.717) is 13.1 Å². The average Bonchev–Trinajstić information content (AvgIpc) is 3.12. The summed E-state index contributed by atoms with van der Waals surface area (Å²) in [6.07, 6.45) is 1.83. The van der Waals surface area contributed by atoms with Crippen LogP contribution >= 0.6 is 23.2 Å². The van der Waals surface area contributed by atoms with Crippen LogP contribution in [-0.2, 0) is 23.0 Å². The molecule has 0 aromatic heterocycles. The molecule has 4 nitrogen and oxygen atoms in total. The van der Waals surface area contributed by atoms with Gasteiger partial charge >= 0.3 is 0 Å². The van der Waals surface area contributed by atoms with Crippen molar-refractivity contribution in [1.29, 1.82) is 0 Å². The predicted molar refractivity (Wildman–Crippen MR) is 104 cm³/mol. The van der Waals surface area contributed by atoms with Crippen LogP contribution in [0.5, 0.6) is 0 Å². The zero-order valence-electron chi connectivity index (χ0n) is 14.2. The van der Waals surface area contributed by atoms with Crippen LogP contribution in [0.2, 0.25) is 10.0 Å². The number of benzene rings is 2. The average molecular weight is 411 g/mol. The third-order valence-electron chi connectivity index (χ3n) is 5.32. The Hall–Kier alpha value is -1.11. The fraction of sp³-hybridized carbons (Fsp3) is 0.368. The van der Waals surface area contributed by atoms with Gasteiger partial charge in [0.1, 0.15) is 4.90 Å². The van der Waals surface area contributed by atoms with Crippen molar-refractivity contribution < 1.29 is 8.42 Å². The van der Waals surface area contributed by atoms with Crippen LogP contribution in [0.25, 0.3) is 0 Å². The third-order valence-corrected chi connectivity index (χ3v) is 8.14. The first-order valence-electron chi connectivity index (χ1n) is 8.72. The second-order valence-electron chi connectivity index (χ2n) is 6.85. The van der Waals surface area contributed by atoms with E-state index >= 15 is 0 Å². The molecule has 138 valence electrons. The van der Waals surface area contributed by atoms with Gasteiger partial charge in [-0.15, -0.1) is 0 Å². The third kappa shape index (κ3) is 3.27. The standard InChI is InChI=1S/C19H20Cl2N2O2S/c20-17-6-3-7-18(21)19(17)26(24,25)23-11-9-16(13-23)22-10-8-14-4-1-2-5-15(14)12-22/h1-7,16H,8-13H2. The van der Waals surface area contributed by atoms with E-state index in [4.69, 9.17) is 23.2 Å². The van der Waals surface area contributed by atoms with Gasteiger partial charge in [0, 0.05) is 32.2 Å². The summed E-state index contributed by atoms with van der Waals surface area (Å²) in [6, 6.07) is 13.5. The van der Waals surface area contributed by atoms with E-state index in [0.717, 1.165) is 25.9 Å². The Bertz CT molecular complexity index is 913. The highest BCUT2D eigenvalue weighted by Crippen LogP contribution is 2.34. The lowest BCUT2D eigenvalue weighted by atomic mass is 9.98. The number of sulfonamides is 1. The van der Waals surface area contributed by atoms with Crippen LogP contribution in [0.15, 0.2) is 47.4 Å². The molecule has 0 N–H and O–H groups in total. The van der Waals surface area contributed by atoms with Gasteiger partial charge in [-0.2, -0.15) is 4.31 Å². The van der Waals surface area contributed by atoms with Gasteiger partial charge in [0.15, 0.2) is 0 Å². The maximum absolute atomic E-state index is 13.0. The van der Waals surface area contributed by atoms with E-state index in [2.05, 4.69) is 29.2 Å². The van der Waals surface area contributed by atoms with Crippen molar-refractivity contribution in [2.24, 2.45) is 0 Å². The Morgan fingerprint density at radius 3 is 2.35 bits per heavy atom. The molecule has 0 saturated carbocycles. The topological polar surface area (TPSA) is 40.6 Å². The Labute approximate surface area is 164 Å². The van der Waals surface area contributed by atoms with Gasteiger partial charge in [-0.05, 0) is 36.1 Å². The molecule has 7 heteroatoms. The van der Waals surface area contributed by atoms with Crippen molar-refractivity contribution in [3.8, 4) is 0 Å². The van der Waals surface area contributed by atoms with E-state index in [1.165, 1.54) is 15.4 Å². The number of nitrogens with zero attached hydrogens (tertiary/aromatic N) is 2. The number of rotatable bonds is 3. The van der Waals surface area contributed by atoms with Crippen LogP contribution in [0.3, 0.4) is 0 Å². The second kappa shape index (κ2) is 7.13. The summed E-state index contributed by atoms with van der Waals surface area (Å²) >= 11 is 12.3. The second-order valence-corrected chi connectivity index (χ2v) is 9.53. The smallest absolute Gasteiger partial charge is 0.246 e. The van der Waals surface area contributed by atoms with Crippen LogP contribution < -0.4 is 0 Å². The predicted octanol–water partition coefficient (Wildman–Crippen LogP) is 3.81. The quantitative estimate of drug-likeness (QED) is 0.771. The largest absolute Gasteiger partial charge is 0.294 e. The van der Waals surface area contributed by atoms with E-state index in [1.54, 1.807) is 18.2 Å². The van der Waals surface area contributed by atoms with Crippen LogP contribution in [-0.4, -0.2) is 43.3 Å². The van der Waals surface area contributed by atoms with Gasteiger partial charge in [-0.25, -0.2) is 8.42 Å². The number of fused-ring (bicyclic) bond motifs is 1. The Kier molecular flexibility index (Phi) is 5.01. The molecule has 1 atom stereocenters. The molecule has 2 aliphatic heterocycles. The minimum absolute atomic E-state index is 0.0213. The minimum atomic E-state index is -3.69. The van der Waals surface area contributed by atoms with Gasteiger partial charge in [0.2, 0.25) is 10.0 Å². The van der Waals surface area contributed by atoms with Crippen molar-refractivity contribution in [2.45, 2.75) is 30.3 Å². The van der Waals surface area contributed by atoms with E-state index in [1.807, 2.05) is 0 Å². The highest BCUT2D eigenvalue weighted by molar-refractivity contribution is 7.89. The molecule has 4 rings (SSSR count). The Balaban J connectivity index is 1.52. The van der Waals surface area contributed by atoms with E-state index in [-0.39, 0.29) is 21.0 Å². The van der Waals surface area contributed by atoms with Crippen molar-refractivity contribution in [1.82, 2.24) is 9.21 Å². The van der Waals surface area contributed by atoms with Crippen molar-refractivity contribution >= 4 is 33.2 Å². The SMILES string of the molecule is O=S(=O)(c1c(Cl)cccc1Cl)N1CCC(N2CCc3ccccc3C2)C1. The molecule has 1 fully saturated rings. The van der Waals surface area contributed by atoms with E-state index in [9.17, 15) is 8.42 Å². The van der Waals surface area contributed by atoms with Gasteiger partial charge in [-0.1, -0.05) is 53.5 Å².